The van der Waals surface area contributed by atoms with Gasteiger partial charge in [0.05, 0.1) is 10.6 Å². The van der Waals surface area contributed by atoms with E-state index in [1.165, 1.54) is 0 Å². The number of nitrogens with one attached hydrogen (secondary N) is 1. The average molecular weight is 298 g/mol. The summed E-state index contributed by atoms with van der Waals surface area (Å²) in [5, 5.41) is 3.36. The van der Waals surface area contributed by atoms with Crippen molar-refractivity contribution in [3.8, 4) is 0 Å². The third-order valence-corrected chi connectivity index (χ3v) is 3.92. The van der Waals surface area contributed by atoms with Gasteiger partial charge < -0.3 is 10.2 Å². The molecule has 1 aromatic rings. The minimum Gasteiger partial charge on any atom is -0.372 e. The number of carbonyl (C=O) groups is 1. The van der Waals surface area contributed by atoms with Gasteiger partial charge in [-0.2, -0.15) is 0 Å². The summed E-state index contributed by atoms with van der Waals surface area (Å²) in [6, 6.07) is 1.68. The third-order valence-electron chi connectivity index (χ3n) is 3.63. The van der Waals surface area contributed by atoms with Gasteiger partial charge in [-0.3, -0.25) is 4.79 Å². The summed E-state index contributed by atoms with van der Waals surface area (Å²) in [6.07, 6.45) is 3.74. The van der Waals surface area contributed by atoms with E-state index < -0.39 is 0 Å². The minimum absolute atomic E-state index is 0.00328. The van der Waals surface area contributed by atoms with Crippen molar-refractivity contribution in [1.82, 2.24) is 9.88 Å². The van der Waals surface area contributed by atoms with E-state index >= 15 is 0 Å². The SMILES string of the molecule is CCC(CC)CN(CC)C(=O)c1cnc(NC)c(Cl)c1. The summed E-state index contributed by atoms with van der Waals surface area (Å²) >= 11 is 6.09. The van der Waals surface area contributed by atoms with Crippen LogP contribution in [0.3, 0.4) is 0 Å². The van der Waals surface area contributed by atoms with Crippen LogP contribution >= 0.6 is 11.6 Å². The summed E-state index contributed by atoms with van der Waals surface area (Å²) in [7, 11) is 1.75. The maximum absolute atomic E-state index is 12.5. The minimum atomic E-state index is -0.00328. The molecule has 0 atom stereocenters. The zero-order chi connectivity index (χ0) is 15.1. The highest BCUT2D eigenvalue weighted by Crippen LogP contribution is 2.21. The van der Waals surface area contributed by atoms with Gasteiger partial charge in [0.2, 0.25) is 0 Å². The first kappa shape index (κ1) is 16.8. The van der Waals surface area contributed by atoms with Gasteiger partial charge in [0, 0.05) is 26.3 Å². The van der Waals surface area contributed by atoms with Crippen LogP contribution in [-0.2, 0) is 0 Å². The lowest BCUT2D eigenvalue weighted by molar-refractivity contribution is 0.0734. The van der Waals surface area contributed by atoms with Crippen LogP contribution in [0.15, 0.2) is 12.3 Å². The lowest BCUT2D eigenvalue weighted by Gasteiger charge is -2.25. The average Bonchev–Trinajstić information content (AvgIpc) is 2.48. The van der Waals surface area contributed by atoms with Crippen molar-refractivity contribution in [3.05, 3.63) is 22.8 Å². The molecule has 1 heterocycles. The molecule has 0 saturated heterocycles. The molecule has 112 valence electrons. The van der Waals surface area contributed by atoms with Gasteiger partial charge in [-0.15, -0.1) is 0 Å². The molecule has 0 unspecified atom stereocenters. The lowest BCUT2D eigenvalue weighted by atomic mass is 10.0. The van der Waals surface area contributed by atoms with Gasteiger partial charge >= 0.3 is 0 Å². The maximum atomic E-state index is 12.5. The smallest absolute Gasteiger partial charge is 0.255 e. The largest absolute Gasteiger partial charge is 0.372 e. The fourth-order valence-electron chi connectivity index (χ4n) is 2.14. The van der Waals surface area contributed by atoms with Crippen molar-refractivity contribution in [1.29, 1.82) is 0 Å². The molecular formula is C15H24ClN3O. The highest BCUT2D eigenvalue weighted by atomic mass is 35.5. The third kappa shape index (κ3) is 4.10. The summed E-state index contributed by atoms with van der Waals surface area (Å²) in [4.78, 5) is 18.5. The molecule has 0 spiro atoms. The number of aromatic nitrogens is 1. The molecule has 1 rings (SSSR count). The molecule has 0 aliphatic rings. The summed E-state index contributed by atoms with van der Waals surface area (Å²) in [6.45, 7) is 7.80. The van der Waals surface area contributed by atoms with Crippen molar-refractivity contribution in [2.45, 2.75) is 33.6 Å². The molecule has 0 aromatic carbocycles. The molecule has 0 aliphatic heterocycles. The Hall–Kier alpha value is -1.29. The van der Waals surface area contributed by atoms with Crippen LogP contribution in [0.4, 0.5) is 5.82 Å². The molecule has 5 heteroatoms. The molecule has 4 nitrogen and oxygen atoms in total. The van der Waals surface area contributed by atoms with Crippen molar-refractivity contribution in [2.75, 3.05) is 25.5 Å². The Morgan fingerprint density at radius 3 is 2.50 bits per heavy atom. The van der Waals surface area contributed by atoms with E-state index in [0.29, 0.717) is 28.9 Å². The van der Waals surface area contributed by atoms with E-state index in [2.05, 4.69) is 24.1 Å². The maximum Gasteiger partial charge on any atom is 0.255 e. The number of halogens is 1. The number of rotatable bonds is 7. The molecule has 0 saturated carbocycles. The Balaban J connectivity index is 2.88. The predicted octanol–water partition coefficient (Wildman–Crippen LogP) is 3.68. The van der Waals surface area contributed by atoms with E-state index in [1.54, 1.807) is 19.3 Å². The first-order valence-electron chi connectivity index (χ1n) is 7.19. The fraction of sp³-hybridized carbons (Fsp3) is 0.600. The highest BCUT2D eigenvalue weighted by molar-refractivity contribution is 6.33. The van der Waals surface area contributed by atoms with Crippen LogP contribution in [0, 0.1) is 5.92 Å². The number of pyridine rings is 1. The van der Waals surface area contributed by atoms with Crippen LogP contribution in [0.25, 0.3) is 0 Å². The molecule has 0 bridgehead atoms. The van der Waals surface area contributed by atoms with Crippen LogP contribution in [-0.4, -0.2) is 35.9 Å². The van der Waals surface area contributed by atoms with E-state index in [9.17, 15) is 4.79 Å². The predicted molar refractivity (Wildman–Crippen MR) is 84.4 cm³/mol. The summed E-state index contributed by atoms with van der Waals surface area (Å²) < 4.78 is 0. The Labute approximate surface area is 126 Å². The monoisotopic (exact) mass is 297 g/mol. The van der Waals surface area contributed by atoms with Gasteiger partial charge in [-0.05, 0) is 18.9 Å². The van der Waals surface area contributed by atoms with Gasteiger partial charge in [-0.25, -0.2) is 4.98 Å². The van der Waals surface area contributed by atoms with Crippen molar-refractivity contribution in [2.24, 2.45) is 5.92 Å². The van der Waals surface area contributed by atoms with Crippen LogP contribution in [0.5, 0.6) is 0 Å². The van der Waals surface area contributed by atoms with Gasteiger partial charge in [0.15, 0.2) is 0 Å². The Morgan fingerprint density at radius 2 is 2.05 bits per heavy atom. The number of hydrogen-bond acceptors (Lipinski definition) is 3. The zero-order valence-corrected chi connectivity index (χ0v) is 13.5. The highest BCUT2D eigenvalue weighted by Gasteiger charge is 2.18. The van der Waals surface area contributed by atoms with Crippen LogP contribution in [0.1, 0.15) is 44.0 Å². The molecule has 1 N–H and O–H groups in total. The normalized spacial score (nSPS) is 10.7. The molecule has 0 fully saturated rings. The molecule has 0 aliphatic carbocycles. The Bertz CT molecular complexity index is 447. The second kappa shape index (κ2) is 8.10. The van der Waals surface area contributed by atoms with Crippen molar-refractivity contribution >= 4 is 23.3 Å². The summed E-state index contributed by atoms with van der Waals surface area (Å²) in [5.41, 5.74) is 0.543. The van der Waals surface area contributed by atoms with Gasteiger partial charge in [0.1, 0.15) is 5.82 Å². The van der Waals surface area contributed by atoms with E-state index in [-0.39, 0.29) is 5.91 Å². The first-order valence-corrected chi connectivity index (χ1v) is 7.57. The number of amides is 1. The lowest BCUT2D eigenvalue weighted by Crippen LogP contribution is -2.35. The topological polar surface area (TPSA) is 45.2 Å². The molecule has 1 amide bonds. The quantitative estimate of drug-likeness (QED) is 0.835. The number of anilines is 1. The number of nitrogens with zero attached hydrogens (tertiary/aromatic N) is 2. The van der Waals surface area contributed by atoms with Crippen molar-refractivity contribution < 1.29 is 4.79 Å². The zero-order valence-electron chi connectivity index (χ0n) is 12.7. The Kier molecular flexibility index (Phi) is 6.79. The van der Waals surface area contributed by atoms with E-state index in [1.807, 2.05) is 11.8 Å². The first-order chi connectivity index (χ1) is 9.57. The van der Waals surface area contributed by atoms with Crippen LogP contribution in [0.2, 0.25) is 5.02 Å². The van der Waals surface area contributed by atoms with E-state index in [4.69, 9.17) is 11.6 Å². The molecule has 1 aromatic heterocycles. The van der Waals surface area contributed by atoms with Crippen molar-refractivity contribution in [3.63, 3.8) is 0 Å². The van der Waals surface area contributed by atoms with E-state index in [0.717, 1.165) is 19.4 Å². The van der Waals surface area contributed by atoms with Gasteiger partial charge in [0.25, 0.3) is 5.91 Å². The number of carbonyl (C=O) groups excluding carboxylic acids is 1. The molecular weight excluding hydrogens is 274 g/mol. The Morgan fingerprint density at radius 1 is 1.40 bits per heavy atom. The molecule has 20 heavy (non-hydrogen) atoms. The second-order valence-corrected chi connectivity index (χ2v) is 5.24. The fourth-order valence-corrected chi connectivity index (χ4v) is 2.40. The van der Waals surface area contributed by atoms with Gasteiger partial charge in [-0.1, -0.05) is 38.3 Å². The summed E-state index contributed by atoms with van der Waals surface area (Å²) in [5.74, 6) is 1.13. The van der Waals surface area contributed by atoms with Crippen LogP contribution < -0.4 is 5.32 Å². The number of hydrogen-bond donors (Lipinski definition) is 1. The standard InChI is InChI=1S/C15H24ClN3O/c1-5-11(6-2)10-19(7-3)15(20)12-8-13(16)14(17-4)18-9-12/h8-9,11H,5-7,10H2,1-4H3,(H,17,18). The second-order valence-electron chi connectivity index (χ2n) is 4.83. The molecule has 0 radical (unpaired) electrons.